The second kappa shape index (κ2) is 8.15. The molecule has 0 radical (unpaired) electrons. The first kappa shape index (κ1) is 18.1. The van der Waals surface area contributed by atoms with Gasteiger partial charge in [-0.05, 0) is 47.5 Å². The highest BCUT2D eigenvalue weighted by molar-refractivity contribution is 6.30. The molecule has 0 spiro atoms. The van der Waals surface area contributed by atoms with Crippen molar-refractivity contribution in [3.8, 4) is 0 Å². The molecule has 0 bridgehead atoms. The second-order valence-corrected chi connectivity index (χ2v) is 6.34. The molecule has 3 aromatic rings. The molecular weight excluding hydrogens is 358 g/mol. The van der Waals surface area contributed by atoms with Gasteiger partial charge >= 0.3 is 0 Å². The van der Waals surface area contributed by atoms with Gasteiger partial charge in [-0.2, -0.15) is 0 Å². The van der Waals surface area contributed by atoms with Crippen LogP contribution in [0.15, 0.2) is 61.1 Å². The molecule has 0 aliphatic heterocycles. The van der Waals surface area contributed by atoms with Gasteiger partial charge < -0.3 is 0 Å². The van der Waals surface area contributed by atoms with Gasteiger partial charge in [0.2, 0.25) is 0 Å². The monoisotopic (exact) mass is 372 g/mol. The molecule has 6 heteroatoms. The first-order chi connectivity index (χ1) is 12.5. The Kier molecular flexibility index (Phi) is 5.68. The quantitative estimate of drug-likeness (QED) is 0.627. The number of rotatable bonds is 6. The number of carbonyl (C=O) groups is 1. The fraction of sp³-hybridized carbons (Fsp3) is 0.150. The smallest absolute Gasteiger partial charge is 0.145 e. The fourth-order valence-corrected chi connectivity index (χ4v) is 3.06. The van der Waals surface area contributed by atoms with E-state index in [1.807, 2.05) is 0 Å². The summed E-state index contributed by atoms with van der Waals surface area (Å²) in [5, 5.41) is 0.182. The van der Waals surface area contributed by atoms with E-state index in [9.17, 15) is 13.6 Å². The highest BCUT2D eigenvalue weighted by atomic mass is 35.5. The predicted molar refractivity (Wildman–Crippen MR) is 95.0 cm³/mol. The first-order valence-corrected chi connectivity index (χ1v) is 8.37. The number of pyridine rings is 2. The van der Waals surface area contributed by atoms with Crippen LogP contribution in [0.4, 0.5) is 8.78 Å². The molecule has 2 heterocycles. The first-order valence-electron chi connectivity index (χ1n) is 8.00. The lowest BCUT2D eigenvalue weighted by Gasteiger charge is -2.17. The maximum atomic E-state index is 14.3. The van der Waals surface area contributed by atoms with E-state index in [1.165, 1.54) is 30.5 Å². The largest absolute Gasteiger partial charge is 0.299 e. The minimum atomic E-state index is -0.728. The number of hydrogen-bond acceptors (Lipinski definition) is 3. The Labute approximate surface area is 154 Å². The highest BCUT2D eigenvalue weighted by Crippen LogP contribution is 2.31. The molecule has 132 valence electrons. The van der Waals surface area contributed by atoms with Crippen molar-refractivity contribution in [2.75, 3.05) is 0 Å². The molecule has 3 rings (SSSR count). The Morgan fingerprint density at radius 1 is 1.12 bits per heavy atom. The van der Waals surface area contributed by atoms with Crippen molar-refractivity contribution in [1.82, 2.24) is 9.97 Å². The summed E-state index contributed by atoms with van der Waals surface area (Å²) in [7, 11) is 0. The van der Waals surface area contributed by atoms with Crippen LogP contribution >= 0.6 is 11.6 Å². The van der Waals surface area contributed by atoms with Gasteiger partial charge in [-0.1, -0.05) is 17.7 Å². The Bertz CT molecular complexity index is 898. The van der Waals surface area contributed by atoms with Crippen LogP contribution in [0.2, 0.25) is 5.02 Å². The van der Waals surface area contributed by atoms with E-state index in [0.717, 1.165) is 11.6 Å². The van der Waals surface area contributed by atoms with E-state index in [0.29, 0.717) is 5.56 Å². The Morgan fingerprint density at radius 3 is 2.62 bits per heavy atom. The van der Waals surface area contributed by atoms with Crippen molar-refractivity contribution in [3.05, 3.63) is 94.5 Å². The number of Topliss-reactive ketones (excluding diaryl/α,β-unsaturated/α-hetero) is 1. The van der Waals surface area contributed by atoms with Gasteiger partial charge in [0.1, 0.15) is 17.4 Å². The molecule has 3 nitrogen and oxygen atoms in total. The Morgan fingerprint density at radius 2 is 1.92 bits per heavy atom. The molecule has 0 fully saturated rings. The van der Waals surface area contributed by atoms with Crippen LogP contribution in [-0.4, -0.2) is 15.8 Å². The van der Waals surface area contributed by atoms with Crippen LogP contribution in [0.25, 0.3) is 0 Å². The summed E-state index contributed by atoms with van der Waals surface area (Å²) in [6.07, 6.45) is 4.80. The molecule has 1 aromatic carbocycles. The fourth-order valence-electron chi connectivity index (χ4n) is 2.83. The molecule has 0 N–H and O–H groups in total. The minimum Gasteiger partial charge on any atom is -0.299 e. The number of carbonyl (C=O) groups excluding carboxylic acids is 1. The van der Waals surface area contributed by atoms with Crippen molar-refractivity contribution in [1.29, 1.82) is 0 Å². The van der Waals surface area contributed by atoms with E-state index >= 15 is 0 Å². The second-order valence-electron chi connectivity index (χ2n) is 5.91. The van der Waals surface area contributed by atoms with E-state index in [2.05, 4.69) is 9.97 Å². The number of hydrogen-bond donors (Lipinski definition) is 0. The lowest BCUT2D eigenvalue weighted by Crippen LogP contribution is -2.14. The van der Waals surface area contributed by atoms with Gasteiger partial charge in [0.15, 0.2) is 0 Å². The zero-order chi connectivity index (χ0) is 18.5. The Hall–Kier alpha value is -2.66. The topological polar surface area (TPSA) is 42.9 Å². The van der Waals surface area contributed by atoms with Crippen LogP contribution in [0.5, 0.6) is 0 Å². The van der Waals surface area contributed by atoms with Crippen molar-refractivity contribution >= 4 is 17.4 Å². The molecule has 26 heavy (non-hydrogen) atoms. The third kappa shape index (κ3) is 4.49. The molecular formula is C20H15ClF2N2O. The molecule has 0 amide bonds. The molecule has 0 aliphatic carbocycles. The van der Waals surface area contributed by atoms with Crippen LogP contribution < -0.4 is 0 Å². The third-order valence-corrected chi connectivity index (χ3v) is 4.18. The summed E-state index contributed by atoms with van der Waals surface area (Å²) < 4.78 is 28.1. The van der Waals surface area contributed by atoms with Gasteiger partial charge in [-0.25, -0.2) is 8.78 Å². The average Bonchev–Trinajstić information content (AvgIpc) is 2.60. The summed E-state index contributed by atoms with van der Waals surface area (Å²) in [5.74, 6) is -1.96. The summed E-state index contributed by atoms with van der Waals surface area (Å²) >= 11 is 5.94. The minimum absolute atomic E-state index is 0.0252. The van der Waals surface area contributed by atoms with Crippen LogP contribution in [0, 0.1) is 11.6 Å². The highest BCUT2D eigenvalue weighted by Gasteiger charge is 2.23. The van der Waals surface area contributed by atoms with Gasteiger partial charge in [-0.3, -0.25) is 14.8 Å². The summed E-state index contributed by atoms with van der Waals surface area (Å²) in [6.45, 7) is 0. The standard InChI is InChI=1S/C20H15ClF2N2O/c21-15-8-14(9-16(22)10-15)18(20-19(23)4-2-6-25-20)11-17(26)7-13-3-1-5-24-12-13/h1-6,8-10,12,18H,7,11H2. The lowest BCUT2D eigenvalue weighted by molar-refractivity contribution is -0.118. The van der Waals surface area contributed by atoms with Gasteiger partial charge in [0, 0.05) is 42.4 Å². The molecule has 0 saturated carbocycles. The van der Waals surface area contributed by atoms with Crippen LogP contribution in [0.1, 0.15) is 29.2 Å². The molecule has 2 aromatic heterocycles. The average molecular weight is 373 g/mol. The molecule has 1 atom stereocenters. The van der Waals surface area contributed by atoms with E-state index in [4.69, 9.17) is 11.6 Å². The number of halogens is 3. The van der Waals surface area contributed by atoms with Crippen molar-refractivity contribution in [3.63, 3.8) is 0 Å². The van der Waals surface area contributed by atoms with E-state index in [1.54, 1.807) is 24.5 Å². The SMILES string of the molecule is O=C(Cc1cccnc1)CC(c1cc(F)cc(Cl)c1)c1ncccc1F. The normalized spacial score (nSPS) is 12.0. The lowest BCUT2D eigenvalue weighted by atomic mass is 9.88. The maximum absolute atomic E-state index is 14.3. The van der Waals surface area contributed by atoms with Crippen molar-refractivity contribution in [2.45, 2.75) is 18.8 Å². The molecule has 1 unspecified atom stereocenters. The van der Waals surface area contributed by atoms with Crippen molar-refractivity contribution in [2.24, 2.45) is 0 Å². The molecule has 0 saturated heterocycles. The van der Waals surface area contributed by atoms with Gasteiger partial charge in [0.25, 0.3) is 0 Å². The zero-order valence-electron chi connectivity index (χ0n) is 13.7. The van der Waals surface area contributed by atoms with E-state index < -0.39 is 17.6 Å². The number of nitrogens with zero attached hydrogens (tertiary/aromatic N) is 2. The van der Waals surface area contributed by atoms with Crippen molar-refractivity contribution < 1.29 is 13.6 Å². The Balaban J connectivity index is 1.93. The van der Waals surface area contributed by atoms with Crippen LogP contribution in [0.3, 0.4) is 0 Å². The number of ketones is 1. The third-order valence-electron chi connectivity index (χ3n) is 3.96. The maximum Gasteiger partial charge on any atom is 0.145 e. The van der Waals surface area contributed by atoms with Gasteiger partial charge in [0.05, 0.1) is 5.69 Å². The summed E-state index contributed by atoms with van der Waals surface area (Å²) in [4.78, 5) is 20.6. The zero-order valence-corrected chi connectivity index (χ0v) is 14.5. The summed E-state index contributed by atoms with van der Waals surface area (Å²) in [6, 6.07) is 10.2. The predicted octanol–water partition coefficient (Wildman–Crippen LogP) is 4.74. The van der Waals surface area contributed by atoms with Crippen LogP contribution in [-0.2, 0) is 11.2 Å². The molecule has 0 aliphatic rings. The van der Waals surface area contributed by atoms with Gasteiger partial charge in [-0.15, -0.1) is 0 Å². The number of aromatic nitrogens is 2. The summed E-state index contributed by atoms with van der Waals surface area (Å²) in [5.41, 5.74) is 1.26. The number of benzene rings is 1. The van der Waals surface area contributed by atoms with E-state index in [-0.39, 0.29) is 29.3 Å².